The predicted octanol–water partition coefficient (Wildman–Crippen LogP) is 3.67. The zero-order valence-corrected chi connectivity index (χ0v) is 13.1. The third-order valence-corrected chi connectivity index (χ3v) is 4.40. The van der Waals surface area contributed by atoms with E-state index in [4.69, 9.17) is 0 Å². The van der Waals surface area contributed by atoms with Gasteiger partial charge in [-0.05, 0) is 43.1 Å². The summed E-state index contributed by atoms with van der Waals surface area (Å²) in [7, 11) is 0. The van der Waals surface area contributed by atoms with Gasteiger partial charge in [0.05, 0.1) is 5.41 Å². The standard InChI is InChI=1S/C15H19BrFNO2/c1-2-3-15(14(19)20)4-5-18(10-15)9-11-6-12(16)8-13(17)7-11/h6-8H,2-5,9-10H2,1H3,(H,19,20). The predicted molar refractivity (Wildman–Crippen MR) is 79.0 cm³/mol. The van der Waals surface area contributed by atoms with Crippen LogP contribution in [0.15, 0.2) is 22.7 Å². The topological polar surface area (TPSA) is 40.5 Å². The van der Waals surface area contributed by atoms with E-state index in [-0.39, 0.29) is 5.82 Å². The van der Waals surface area contributed by atoms with Gasteiger partial charge in [-0.25, -0.2) is 4.39 Å². The van der Waals surface area contributed by atoms with E-state index in [2.05, 4.69) is 20.8 Å². The van der Waals surface area contributed by atoms with Gasteiger partial charge >= 0.3 is 5.97 Å². The van der Waals surface area contributed by atoms with Crippen LogP contribution in [0.1, 0.15) is 31.7 Å². The fraction of sp³-hybridized carbons (Fsp3) is 0.533. The molecule has 1 fully saturated rings. The second-order valence-corrected chi connectivity index (χ2v) is 6.49. The van der Waals surface area contributed by atoms with Gasteiger partial charge in [0.25, 0.3) is 0 Å². The smallest absolute Gasteiger partial charge is 0.310 e. The van der Waals surface area contributed by atoms with Gasteiger partial charge in [0.1, 0.15) is 5.82 Å². The number of hydrogen-bond donors (Lipinski definition) is 1. The number of benzene rings is 1. The molecular weight excluding hydrogens is 325 g/mol. The second-order valence-electron chi connectivity index (χ2n) is 5.57. The van der Waals surface area contributed by atoms with E-state index in [1.165, 1.54) is 12.1 Å². The lowest BCUT2D eigenvalue weighted by Gasteiger charge is -2.24. The molecule has 1 heterocycles. The van der Waals surface area contributed by atoms with Gasteiger partial charge < -0.3 is 5.11 Å². The van der Waals surface area contributed by atoms with E-state index in [1.54, 1.807) is 0 Å². The molecule has 0 bridgehead atoms. The molecule has 0 saturated carbocycles. The molecular formula is C15H19BrFNO2. The number of carboxylic acid groups (broad SMARTS) is 1. The molecule has 3 nitrogen and oxygen atoms in total. The first-order valence-electron chi connectivity index (χ1n) is 6.86. The molecule has 0 aliphatic carbocycles. The lowest BCUT2D eigenvalue weighted by Crippen LogP contribution is -2.34. The Bertz CT molecular complexity index is 488. The summed E-state index contributed by atoms with van der Waals surface area (Å²) in [4.78, 5) is 13.6. The molecule has 0 amide bonds. The van der Waals surface area contributed by atoms with Crippen molar-refractivity contribution in [2.75, 3.05) is 13.1 Å². The van der Waals surface area contributed by atoms with Crippen molar-refractivity contribution in [3.05, 3.63) is 34.1 Å². The van der Waals surface area contributed by atoms with Crippen LogP contribution in [0.3, 0.4) is 0 Å². The third-order valence-electron chi connectivity index (χ3n) is 3.94. The highest BCUT2D eigenvalue weighted by Crippen LogP contribution is 2.36. The molecule has 2 rings (SSSR count). The maximum Gasteiger partial charge on any atom is 0.310 e. The Morgan fingerprint density at radius 3 is 2.85 bits per heavy atom. The van der Waals surface area contributed by atoms with Crippen LogP contribution in [0.25, 0.3) is 0 Å². The molecule has 5 heteroatoms. The van der Waals surface area contributed by atoms with Crippen LogP contribution in [0.2, 0.25) is 0 Å². The van der Waals surface area contributed by atoms with Crippen molar-refractivity contribution >= 4 is 21.9 Å². The third kappa shape index (κ3) is 3.38. The van der Waals surface area contributed by atoms with Crippen molar-refractivity contribution in [2.45, 2.75) is 32.7 Å². The molecule has 0 spiro atoms. The molecule has 1 aliphatic heterocycles. The summed E-state index contributed by atoms with van der Waals surface area (Å²) in [6, 6.07) is 4.81. The molecule has 20 heavy (non-hydrogen) atoms. The Hall–Kier alpha value is -0.940. The molecule has 1 atom stereocenters. The van der Waals surface area contributed by atoms with Gasteiger partial charge in [-0.3, -0.25) is 9.69 Å². The van der Waals surface area contributed by atoms with Gasteiger partial charge in [-0.15, -0.1) is 0 Å². The zero-order valence-electron chi connectivity index (χ0n) is 11.5. The number of aliphatic carboxylic acids is 1. The molecule has 1 aromatic carbocycles. The van der Waals surface area contributed by atoms with Gasteiger partial charge in [0.2, 0.25) is 0 Å². The number of hydrogen-bond acceptors (Lipinski definition) is 2. The average molecular weight is 344 g/mol. The van der Waals surface area contributed by atoms with Crippen LogP contribution in [-0.4, -0.2) is 29.1 Å². The monoisotopic (exact) mass is 343 g/mol. The molecule has 1 aliphatic rings. The van der Waals surface area contributed by atoms with Crippen molar-refractivity contribution in [3.8, 4) is 0 Å². The maximum atomic E-state index is 13.4. The van der Waals surface area contributed by atoms with Crippen LogP contribution in [0.4, 0.5) is 4.39 Å². The van der Waals surface area contributed by atoms with Crippen molar-refractivity contribution < 1.29 is 14.3 Å². The summed E-state index contributed by atoms with van der Waals surface area (Å²) < 4.78 is 14.1. The summed E-state index contributed by atoms with van der Waals surface area (Å²) in [6.45, 7) is 3.90. The normalized spacial score (nSPS) is 23.1. The second kappa shape index (κ2) is 6.22. The van der Waals surface area contributed by atoms with E-state index in [9.17, 15) is 14.3 Å². The maximum absolute atomic E-state index is 13.4. The molecule has 1 unspecified atom stereocenters. The summed E-state index contributed by atoms with van der Waals surface area (Å²) in [5.74, 6) is -0.978. The van der Waals surface area contributed by atoms with Crippen LogP contribution in [0, 0.1) is 11.2 Å². The number of nitrogens with zero attached hydrogens (tertiary/aromatic N) is 1. The van der Waals surface area contributed by atoms with Gasteiger partial charge in [0.15, 0.2) is 0 Å². The lowest BCUT2D eigenvalue weighted by atomic mass is 9.83. The number of rotatable bonds is 5. The highest BCUT2D eigenvalue weighted by Gasteiger charge is 2.43. The van der Waals surface area contributed by atoms with Crippen LogP contribution in [0.5, 0.6) is 0 Å². The lowest BCUT2D eigenvalue weighted by molar-refractivity contribution is -0.148. The molecule has 1 N–H and O–H groups in total. The molecule has 0 aromatic heterocycles. The minimum Gasteiger partial charge on any atom is -0.481 e. The number of carboxylic acids is 1. The van der Waals surface area contributed by atoms with E-state index in [0.29, 0.717) is 30.4 Å². The van der Waals surface area contributed by atoms with Crippen molar-refractivity contribution in [1.82, 2.24) is 4.90 Å². The van der Waals surface area contributed by atoms with Gasteiger partial charge in [-0.1, -0.05) is 29.3 Å². The minimum absolute atomic E-state index is 0.272. The summed E-state index contributed by atoms with van der Waals surface area (Å²) in [5.41, 5.74) is 0.244. The Labute approximate surface area is 126 Å². The Kier molecular flexibility index (Phi) is 4.81. The fourth-order valence-corrected chi connectivity index (χ4v) is 3.53. The van der Waals surface area contributed by atoms with Crippen LogP contribution < -0.4 is 0 Å². The first kappa shape index (κ1) is 15.4. The van der Waals surface area contributed by atoms with Crippen LogP contribution >= 0.6 is 15.9 Å². The Morgan fingerprint density at radius 2 is 2.25 bits per heavy atom. The molecule has 1 saturated heterocycles. The van der Waals surface area contributed by atoms with Crippen LogP contribution in [-0.2, 0) is 11.3 Å². The van der Waals surface area contributed by atoms with Gasteiger partial charge in [0, 0.05) is 17.6 Å². The fourth-order valence-electron chi connectivity index (χ4n) is 3.02. The van der Waals surface area contributed by atoms with Crippen molar-refractivity contribution in [2.24, 2.45) is 5.41 Å². The first-order valence-corrected chi connectivity index (χ1v) is 7.65. The molecule has 110 valence electrons. The first-order chi connectivity index (χ1) is 9.45. The number of halogens is 2. The molecule has 1 aromatic rings. The molecule has 0 radical (unpaired) electrons. The highest BCUT2D eigenvalue weighted by atomic mass is 79.9. The van der Waals surface area contributed by atoms with Crippen molar-refractivity contribution in [1.29, 1.82) is 0 Å². The minimum atomic E-state index is -0.706. The Morgan fingerprint density at radius 1 is 1.50 bits per heavy atom. The zero-order chi connectivity index (χ0) is 14.8. The number of likely N-dealkylation sites (tertiary alicyclic amines) is 1. The SMILES string of the molecule is CCCC1(C(=O)O)CCN(Cc2cc(F)cc(Br)c2)C1. The summed E-state index contributed by atoms with van der Waals surface area (Å²) in [5, 5.41) is 9.47. The number of carbonyl (C=O) groups is 1. The van der Waals surface area contributed by atoms with E-state index >= 15 is 0 Å². The van der Waals surface area contributed by atoms with Gasteiger partial charge in [-0.2, -0.15) is 0 Å². The van der Waals surface area contributed by atoms with E-state index in [0.717, 1.165) is 18.5 Å². The summed E-state index contributed by atoms with van der Waals surface area (Å²) in [6.07, 6.45) is 2.24. The largest absolute Gasteiger partial charge is 0.481 e. The highest BCUT2D eigenvalue weighted by molar-refractivity contribution is 9.10. The average Bonchev–Trinajstić information content (AvgIpc) is 2.72. The summed E-state index contributed by atoms with van der Waals surface area (Å²) >= 11 is 3.28. The van der Waals surface area contributed by atoms with E-state index < -0.39 is 11.4 Å². The van der Waals surface area contributed by atoms with E-state index in [1.807, 2.05) is 13.0 Å². The van der Waals surface area contributed by atoms with Crippen molar-refractivity contribution in [3.63, 3.8) is 0 Å². The quantitative estimate of drug-likeness (QED) is 0.886. The Balaban J connectivity index is 2.07.